The van der Waals surface area contributed by atoms with Crippen LogP contribution in [-0.4, -0.2) is 39.3 Å². The predicted octanol–water partition coefficient (Wildman–Crippen LogP) is 5.13. The molecule has 156 valence electrons. The maximum absolute atomic E-state index is 12.4. The second-order valence-corrected chi connectivity index (χ2v) is 9.34. The molecule has 0 saturated heterocycles. The summed E-state index contributed by atoms with van der Waals surface area (Å²) in [7, 11) is 0. The van der Waals surface area contributed by atoms with E-state index < -0.39 is 5.60 Å². The molecule has 6 heteroatoms. The van der Waals surface area contributed by atoms with Crippen LogP contribution in [0.4, 0.5) is 4.79 Å². The van der Waals surface area contributed by atoms with Crippen LogP contribution < -0.4 is 0 Å². The van der Waals surface area contributed by atoms with E-state index in [1.54, 1.807) is 0 Å². The summed E-state index contributed by atoms with van der Waals surface area (Å²) in [6.45, 7) is 7.12. The zero-order valence-corrected chi connectivity index (χ0v) is 18.5. The molecule has 1 amide bonds. The summed E-state index contributed by atoms with van der Waals surface area (Å²) >= 11 is 1.37. The summed E-state index contributed by atoms with van der Waals surface area (Å²) in [6, 6.07) is 15.3. The van der Waals surface area contributed by atoms with Crippen molar-refractivity contribution in [3.05, 3.63) is 70.1 Å². The molecule has 0 fully saturated rings. The Balaban J connectivity index is 1.42. The Morgan fingerprint density at radius 1 is 1.03 bits per heavy atom. The maximum Gasteiger partial charge on any atom is 0.410 e. The first kappa shape index (κ1) is 20.5. The van der Waals surface area contributed by atoms with E-state index >= 15 is 0 Å². The number of carbonyl (C=O) groups is 1. The molecule has 0 radical (unpaired) electrons. The van der Waals surface area contributed by atoms with Gasteiger partial charge >= 0.3 is 6.09 Å². The van der Waals surface area contributed by atoms with Crippen LogP contribution in [0.1, 0.15) is 43.0 Å². The standard InChI is InChI=1S/C24H27N3O2S/c1-24(2,3)29-23(28)27-12-10-19-7-6-18(15-21(19)11-13-27)14-17-4-8-20(9-5-17)22-16-30-26-25-22/h4-9,15-16H,10-14H2,1-3H3. The topological polar surface area (TPSA) is 55.3 Å². The molecule has 0 unspecified atom stereocenters. The van der Waals surface area contributed by atoms with E-state index in [2.05, 4.69) is 52.1 Å². The first-order valence-corrected chi connectivity index (χ1v) is 11.2. The molecule has 0 N–H and O–H groups in total. The van der Waals surface area contributed by atoms with Crippen molar-refractivity contribution < 1.29 is 9.53 Å². The molecule has 2 aromatic carbocycles. The predicted molar refractivity (Wildman–Crippen MR) is 120 cm³/mol. The molecule has 0 spiro atoms. The van der Waals surface area contributed by atoms with Crippen LogP contribution in [0.3, 0.4) is 0 Å². The summed E-state index contributed by atoms with van der Waals surface area (Å²) in [4.78, 5) is 14.3. The first-order chi connectivity index (χ1) is 14.4. The number of amides is 1. The zero-order valence-electron chi connectivity index (χ0n) is 17.7. The van der Waals surface area contributed by atoms with Crippen LogP contribution in [0.15, 0.2) is 47.8 Å². The van der Waals surface area contributed by atoms with Gasteiger partial charge in [0.2, 0.25) is 0 Å². The van der Waals surface area contributed by atoms with Crippen LogP contribution in [0.2, 0.25) is 0 Å². The Morgan fingerprint density at radius 2 is 1.73 bits per heavy atom. The van der Waals surface area contributed by atoms with Gasteiger partial charge in [-0.15, -0.1) is 5.10 Å². The van der Waals surface area contributed by atoms with E-state index in [1.807, 2.05) is 31.1 Å². The van der Waals surface area contributed by atoms with Crippen LogP contribution in [-0.2, 0) is 24.0 Å². The van der Waals surface area contributed by atoms with Crippen molar-refractivity contribution in [3.8, 4) is 11.3 Å². The van der Waals surface area contributed by atoms with Gasteiger partial charge < -0.3 is 9.64 Å². The summed E-state index contributed by atoms with van der Waals surface area (Å²) in [5, 5.41) is 6.09. The number of fused-ring (bicyclic) bond motifs is 1. The number of nitrogens with zero attached hydrogens (tertiary/aromatic N) is 3. The lowest BCUT2D eigenvalue weighted by atomic mass is 9.96. The van der Waals surface area contributed by atoms with Gasteiger partial charge in [0.25, 0.3) is 0 Å². The van der Waals surface area contributed by atoms with E-state index in [0.717, 1.165) is 30.5 Å². The molecule has 0 saturated carbocycles. The van der Waals surface area contributed by atoms with E-state index in [1.165, 1.54) is 33.8 Å². The van der Waals surface area contributed by atoms with Crippen molar-refractivity contribution in [3.63, 3.8) is 0 Å². The minimum absolute atomic E-state index is 0.217. The van der Waals surface area contributed by atoms with Crippen LogP contribution in [0.5, 0.6) is 0 Å². The number of hydrogen-bond donors (Lipinski definition) is 0. The molecular weight excluding hydrogens is 394 g/mol. The Kier molecular flexibility index (Phi) is 5.86. The molecule has 0 bridgehead atoms. The Bertz CT molecular complexity index is 1010. The van der Waals surface area contributed by atoms with Gasteiger partial charge in [0, 0.05) is 24.0 Å². The molecule has 0 atom stereocenters. The molecule has 1 aliphatic rings. The molecule has 4 rings (SSSR count). The average molecular weight is 422 g/mol. The van der Waals surface area contributed by atoms with Crippen LogP contribution in [0.25, 0.3) is 11.3 Å². The summed E-state index contributed by atoms with van der Waals surface area (Å²) in [6.07, 6.45) is 2.40. The lowest BCUT2D eigenvalue weighted by molar-refractivity contribution is 0.0258. The van der Waals surface area contributed by atoms with E-state index in [9.17, 15) is 4.79 Å². The van der Waals surface area contributed by atoms with Crippen molar-refractivity contribution in [1.82, 2.24) is 14.5 Å². The Morgan fingerprint density at radius 3 is 2.40 bits per heavy atom. The molecule has 1 aromatic heterocycles. The third-order valence-corrected chi connectivity index (χ3v) is 5.75. The largest absolute Gasteiger partial charge is 0.444 e. The number of aromatic nitrogens is 2. The second kappa shape index (κ2) is 8.56. The minimum atomic E-state index is -0.463. The van der Waals surface area contributed by atoms with Gasteiger partial charge in [-0.2, -0.15) is 0 Å². The van der Waals surface area contributed by atoms with Gasteiger partial charge in [-0.3, -0.25) is 0 Å². The summed E-state index contributed by atoms with van der Waals surface area (Å²) in [5.74, 6) is 0. The van der Waals surface area contributed by atoms with Crippen LogP contribution in [0, 0.1) is 0 Å². The second-order valence-electron chi connectivity index (χ2n) is 8.73. The molecular formula is C24H27N3O2S. The normalized spacial score (nSPS) is 14.2. The Hall–Kier alpha value is -2.73. The minimum Gasteiger partial charge on any atom is -0.444 e. The molecule has 30 heavy (non-hydrogen) atoms. The summed E-state index contributed by atoms with van der Waals surface area (Å²) in [5.41, 5.74) is 6.78. The maximum atomic E-state index is 12.4. The smallest absolute Gasteiger partial charge is 0.410 e. The van der Waals surface area contributed by atoms with Gasteiger partial charge in [0.1, 0.15) is 11.3 Å². The lowest BCUT2D eigenvalue weighted by Gasteiger charge is -2.26. The van der Waals surface area contributed by atoms with E-state index in [-0.39, 0.29) is 6.09 Å². The molecule has 3 aromatic rings. The third kappa shape index (κ3) is 5.05. The first-order valence-electron chi connectivity index (χ1n) is 10.3. The fourth-order valence-corrected chi connectivity index (χ4v) is 4.18. The lowest BCUT2D eigenvalue weighted by Crippen LogP contribution is -2.38. The zero-order chi connectivity index (χ0) is 21.1. The van der Waals surface area contributed by atoms with Gasteiger partial charge in [-0.25, -0.2) is 4.79 Å². The number of benzene rings is 2. The monoisotopic (exact) mass is 421 g/mol. The molecule has 0 aliphatic carbocycles. The number of hydrogen-bond acceptors (Lipinski definition) is 5. The highest BCUT2D eigenvalue weighted by Crippen LogP contribution is 2.23. The van der Waals surface area contributed by atoms with Crippen LogP contribution >= 0.6 is 11.5 Å². The highest BCUT2D eigenvalue weighted by atomic mass is 32.1. The number of carbonyl (C=O) groups excluding carboxylic acids is 1. The van der Waals surface area contributed by atoms with Crippen molar-refractivity contribution >= 4 is 17.6 Å². The highest BCUT2D eigenvalue weighted by Gasteiger charge is 2.24. The van der Waals surface area contributed by atoms with Crippen molar-refractivity contribution in [2.45, 2.75) is 45.6 Å². The number of rotatable bonds is 3. The SMILES string of the molecule is CC(C)(C)OC(=O)N1CCc2ccc(Cc3ccc(-c4csnn4)cc3)cc2CC1. The number of ether oxygens (including phenoxy) is 1. The average Bonchev–Trinajstić information content (AvgIpc) is 3.15. The third-order valence-electron chi connectivity index (χ3n) is 5.24. The van der Waals surface area contributed by atoms with E-state index in [0.29, 0.717) is 13.1 Å². The summed E-state index contributed by atoms with van der Waals surface area (Å²) < 4.78 is 9.48. The van der Waals surface area contributed by atoms with Gasteiger partial charge in [0.15, 0.2) is 0 Å². The van der Waals surface area contributed by atoms with Crippen molar-refractivity contribution in [2.75, 3.05) is 13.1 Å². The molecule has 2 heterocycles. The molecule has 1 aliphatic heterocycles. The van der Waals surface area contributed by atoms with Crippen molar-refractivity contribution in [1.29, 1.82) is 0 Å². The fourth-order valence-electron chi connectivity index (χ4n) is 3.72. The van der Waals surface area contributed by atoms with Crippen molar-refractivity contribution in [2.24, 2.45) is 0 Å². The van der Waals surface area contributed by atoms with E-state index in [4.69, 9.17) is 4.74 Å². The van der Waals surface area contributed by atoms with Gasteiger partial charge in [-0.05, 0) is 73.8 Å². The van der Waals surface area contributed by atoms with Gasteiger partial charge in [0.05, 0.1) is 0 Å². The Labute approximate surface area is 181 Å². The fraction of sp³-hybridized carbons (Fsp3) is 0.375. The highest BCUT2D eigenvalue weighted by molar-refractivity contribution is 7.03. The van der Waals surface area contributed by atoms with Gasteiger partial charge in [-0.1, -0.05) is 47.0 Å². The molecule has 5 nitrogen and oxygen atoms in total. The quantitative estimate of drug-likeness (QED) is 0.588.